The van der Waals surface area contributed by atoms with E-state index in [1.807, 2.05) is 32.0 Å². The summed E-state index contributed by atoms with van der Waals surface area (Å²) in [6.07, 6.45) is 0. The highest BCUT2D eigenvalue weighted by molar-refractivity contribution is 7.98. The van der Waals surface area contributed by atoms with Crippen LogP contribution in [-0.2, 0) is 5.75 Å². The Morgan fingerprint density at radius 1 is 1.09 bits per heavy atom. The third-order valence-electron chi connectivity index (χ3n) is 3.61. The van der Waals surface area contributed by atoms with Crippen LogP contribution in [-0.4, -0.2) is 29.2 Å². The van der Waals surface area contributed by atoms with Crippen LogP contribution < -0.4 is 9.47 Å². The average molecular weight is 329 g/mol. The first-order chi connectivity index (χ1) is 11.1. The maximum atomic E-state index is 5.36. The second-order valence-corrected chi connectivity index (χ2v) is 6.23. The third-order valence-corrected chi connectivity index (χ3v) is 4.52. The Balaban J connectivity index is 1.78. The fourth-order valence-corrected chi connectivity index (χ4v) is 3.36. The van der Waals surface area contributed by atoms with Gasteiger partial charge in [-0.05, 0) is 37.6 Å². The number of pyridine rings is 1. The lowest BCUT2D eigenvalue weighted by molar-refractivity contribution is 0.405. The highest BCUT2D eigenvalue weighted by atomic mass is 32.2. The van der Waals surface area contributed by atoms with Crippen LogP contribution >= 0.6 is 11.8 Å². The van der Waals surface area contributed by atoms with Crippen molar-refractivity contribution in [1.82, 2.24) is 15.0 Å². The Morgan fingerprint density at radius 2 is 1.91 bits per heavy atom. The molecule has 0 amide bonds. The van der Waals surface area contributed by atoms with E-state index >= 15 is 0 Å². The van der Waals surface area contributed by atoms with Crippen molar-refractivity contribution in [2.75, 3.05) is 14.2 Å². The summed E-state index contributed by atoms with van der Waals surface area (Å²) in [7, 11) is 3.33. The first-order valence-electron chi connectivity index (χ1n) is 7.28. The minimum atomic E-state index is 0.753. The molecule has 2 aromatic heterocycles. The minimum absolute atomic E-state index is 0.753. The molecule has 3 aromatic rings. The van der Waals surface area contributed by atoms with E-state index in [2.05, 4.69) is 21.0 Å². The topological polar surface area (TPSA) is 60.0 Å². The average Bonchev–Trinajstić information content (AvgIpc) is 2.94. The Morgan fingerprint density at radius 3 is 2.61 bits per heavy atom. The van der Waals surface area contributed by atoms with Crippen LogP contribution in [0.4, 0.5) is 0 Å². The Hall–Kier alpha value is -2.21. The molecule has 23 heavy (non-hydrogen) atoms. The number of fused-ring (bicyclic) bond motifs is 1. The smallest absolute Gasteiger partial charge is 0.166 e. The monoisotopic (exact) mass is 329 g/mol. The van der Waals surface area contributed by atoms with Crippen molar-refractivity contribution in [3.8, 4) is 11.5 Å². The van der Waals surface area contributed by atoms with Crippen molar-refractivity contribution in [3.63, 3.8) is 0 Å². The lowest BCUT2D eigenvalue weighted by Crippen LogP contribution is -1.98. The maximum Gasteiger partial charge on any atom is 0.166 e. The molecule has 0 radical (unpaired) electrons. The molecule has 0 aliphatic rings. The van der Waals surface area contributed by atoms with Gasteiger partial charge in [0.25, 0.3) is 0 Å². The summed E-state index contributed by atoms with van der Waals surface area (Å²) < 4.78 is 10.6. The Bertz CT molecular complexity index is 822. The lowest BCUT2D eigenvalue weighted by atomic mass is 10.2. The number of imidazole rings is 1. The zero-order valence-corrected chi connectivity index (χ0v) is 14.5. The minimum Gasteiger partial charge on any atom is -0.497 e. The van der Waals surface area contributed by atoms with Gasteiger partial charge in [-0.25, -0.2) is 4.98 Å². The van der Waals surface area contributed by atoms with E-state index in [0.717, 1.165) is 50.4 Å². The quantitative estimate of drug-likeness (QED) is 0.720. The van der Waals surface area contributed by atoms with E-state index in [1.165, 1.54) is 0 Å². The number of nitrogens with zero attached hydrogens (tertiary/aromatic N) is 2. The number of aryl methyl sites for hydroxylation is 2. The molecule has 6 heteroatoms. The second kappa shape index (κ2) is 6.50. The molecule has 0 aliphatic carbocycles. The van der Waals surface area contributed by atoms with Crippen molar-refractivity contribution in [2.45, 2.75) is 24.8 Å². The number of hydrogen-bond donors (Lipinski definition) is 1. The summed E-state index contributed by atoms with van der Waals surface area (Å²) in [6, 6.07) is 7.89. The summed E-state index contributed by atoms with van der Waals surface area (Å²) in [4.78, 5) is 12.5. The van der Waals surface area contributed by atoms with E-state index in [9.17, 15) is 0 Å². The van der Waals surface area contributed by atoms with Crippen molar-refractivity contribution >= 4 is 22.8 Å². The van der Waals surface area contributed by atoms with Gasteiger partial charge in [-0.15, -0.1) is 0 Å². The van der Waals surface area contributed by atoms with E-state index in [0.29, 0.717) is 0 Å². The summed E-state index contributed by atoms with van der Waals surface area (Å²) in [5.41, 5.74) is 4.94. The number of hydrogen-bond acceptors (Lipinski definition) is 5. The third kappa shape index (κ3) is 3.27. The van der Waals surface area contributed by atoms with Crippen molar-refractivity contribution < 1.29 is 9.47 Å². The summed E-state index contributed by atoms with van der Waals surface area (Å²) in [5.74, 6) is 2.42. The Kier molecular flexibility index (Phi) is 4.43. The number of nitrogens with one attached hydrogen (secondary N) is 1. The zero-order chi connectivity index (χ0) is 16.4. The second-order valence-electron chi connectivity index (χ2n) is 5.26. The molecular formula is C17H19N3O2S. The molecule has 0 unspecified atom stereocenters. The fraction of sp³-hybridized carbons (Fsp3) is 0.294. The molecule has 5 nitrogen and oxygen atoms in total. The molecule has 0 aliphatic heterocycles. The van der Waals surface area contributed by atoms with Crippen LogP contribution in [0.2, 0.25) is 0 Å². The highest BCUT2D eigenvalue weighted by Crippen LogP contribution is 2.27. The Labute approximate surface area is 139 Å². The fourth-order valence-electron chi connectivity index (χ4n) is 2.58. The molecule has 0 fully saturated rings. The normalized spacial score (nSPS) is 11.0. The molecule has 2 heterocycles. The molecular weight excluding hydrogens is 310 g/mol. The summed E-state index contributed by atoms with van der Waals surface area (Å²) in [6.45, 7) is 4.00. The SMILES string of the molecule is COc1ccc2[nH]c(SCc3cc(C)c(OC)c(C)n3)nc2c1. The molecule has 0 spiro atoms. The van der Waals surface area contributed by atoms with Gasteiger partial charge < -0.3 is 14.5 Å². The van der Waals surface area contributed by atoms with Crippen LogP contribution in [0.25, 0.3) is 11.0 Å². The van der Waals surface area contributed by atoms with Gasteiger partial charge in [0.1, 0.15) is 11.5 Å². The number of thioether (sulfide) groups is 1. The van der Waals surface area contributed by atoms with Crippen LogP contribution in [0.5, 0.6) is 11.5 Å². The van der Waals surface area contributed by atoms with Crippen molar-refractivity contribution in [1.29, 1.82) is 0 Å². The van der Waals surface area contributed by atoms with Gasteiger partial charge in [0.15, 0.2) is 5.16 Å². The lowest BCUT2D eigenvalue weighted by Gasteiger charge is -2.09. The van der Waals surface area contributed by atoms with Crippen LogP contribution in [0.3, 0.4) is 0 Å². The number of ether oxygens (including phenoxy) is 2. The van der Waals surface area contributed by atoms with Gasteiger partial charge in [0.2, 0.25) is 0 Å². The van der Waals surface area contributed by atoms with E-state index in [-0.39, 0.29) is 0 Å². The molecule has 1 N–H and O–H groups in total. The van der Waals surface area contributed by atoms with E-state index in [1.54, 1.807) is 26.0 Å². The number of aromatic amines is 1. The van der Waals surface area contributed by atoms with Gasteiger partial charge in [-0.1, -0.05) is 11.8 Å². The van der Waals surface area contributed by atoms with Crippen LogP contribution in [0.1, 0.15) is 17.0 Å². The molecule has 0 saturated heterocycles. The molecule has 1 aromatic carbocycles. The molecule has 0 atom stereocenters. The first-order valence-corrected chi connectivity index (χ1v) is 8.27. The standard InChI is InChI=1S/C17H19N3O2S/c1-10-7-12(18-11(2)16(10)22-4)9-23-17-19-14-6-5-13(21-3)8-15(14)20-17/h5-8H,9H2,1-4H3,(H,19,20). The largest absolute Gasteiger partial charge is 0.497 e. The summed E-state index contributed by atoms with van der Waals surface area (Å²) >= 11 is 1.63. The van der Waals surface area contributed by atoms with Gasteiger partial charge in [0.05, 0.1) is 36.6 Å². The first kappa shape index (κ1) is 15.7. The van der Waals surface area contributed by atoms with E-state index < -0.39 is 0 Å². The number of rotatable bonds is 5. The van der Waals surface area contributed by atoms with Crippen molar-refractivity contribution in [2.24, 2.45) is 0 Å². The van der Waals surface area contributed by atoms with Gasteiger partial charge in [-0.2, -0.15) is 0 Å². The number of methoxy groups -OCH3 is 2. The predicted molar refractivity (Wildman–Crippen MR) is 92.5 cm³/mol. The van der Waals surface area contributed by atoms with Crippen LogP contribution in [0.15, 0.2) is 29.4 Å². The number of aromatic nitrogens is 3. The predicted octanol–water partition coefficient (Wildman–Crippen LogP) is 3.88. The van der Waals surface area contributed by atoms with Crippen molar-refractivity contribution in [3.05, 3.63) is 41.2 Å². The van der Waals surface area contributed by atoms with Gasteiger partial charge in [-0.3, -0.25) is 4.98 Å². The molecule has 120 valence electrons. The number of H-pyrrole nitrogens is 1. The van der Waals surface area contributed by atoms with Gasteiger partial charge >= 0.3 is 0 Å². The molecule has 0 saturated carbocycles. The molecule has 3 rings (SSSR count). The maximum absolute atomic E-state index is 5.36. The van der Waals surface area contributed by atoms with Crippen LogP contribution in [0, 0.1) is 13.8 Å². The van der Waals surface area contributed by atoms with Gasteiger partial charge in [0, 0.05) is 11.8 Å². The number of benzene rings is 1. The zero-order valence-electron chi connectivity index (χ0n) is 13.6. The van der Waals surface area contributed by atoms with E-state index in [4.69, 9.17) is 9.47 Å². The summed E-state index contributed by atoms with van der Waals surface area (Å²) in [5, 5.41) is 0.876. The highest BCUT2D eigenvalue weighted by Gasteiger charge is 2.09. The molecule has 0 bridgehead atoms.